The normalized spacial score (nSPS) is 10.4. The van der Waals surface area contributed by atoms with E-state index >= 15 is 0 Å². The van der Waals surface area contributed by atoms with E-state index in [2.05, 4.69) is 0 Å². The number of hydrogen-bond acceptors (Lipinski definition) is 3. The van der Waals surface area contributed by atoms with Gasteiger partial charge in [0.25, 0.3) is 0 Å². The predicted octanol–water partition coefficient (Wildman–Crippen LogP) is 3.05. The molecule has 1 aromatic carbocycles. The first-order chi connectivity index (χ1) is 7.47. The molecule has 5 heteroatoms. The lowest BCUT2D eigenvalue weighted by Gasteiger charge is -2.11. The van der Waals surface area contributed by atoms with Crippen LogP contribution in [0.2, 0.25) is 5.02 Å². The quantitative estimate of drug-likeness (QED) is 0.769. The average molecular weight is 247 g/mol. The van der Waals surface area contributed by atoms with Crippen LogP contribution < -0.4 is 4.74 Å². The van der Waals surface area contributed by atoms with Gasteiger partial charge in [0.05, 0.1) is 13.2 Å². The molecule has 0 aliphatic heterocycles. The first-order valence-electron chi connectivity index (χ1n) is 4.70. The van der Waals surface area contributed by atoms with Crippen LogP contribution >= 0.6 is 11.6 Å². The zero-order chi connectivity index (χ0) is 12.3. The first-order valence-corrected chi connectivity index (χ1v) is 5.08. The van der Waals surface area contributed by atoms with Crippen molar-refractivity contribution in [2.24, 2.45) is 0 Å². The maximum atomic E-state index is 13.4. The van der Waals surface area contributed by atoms with E-state index in [1.807, 2.05) is 0 Å². The molecule has 0 N–H and O–H groups in total. The van der Waals surface area contributed by atoms with Gasteiger partial charge in [-0.05, 0) is 26.0 Å². The van der Waals surface area contributed by atoms with Gasteiger partial charge in [0.1, 0.15) is 22.2 Å². The van der Waals surface area contributed by atoms with E-state index in [1.54, 1.807) is 13.8 Å². The van der Waals surface area contributed by atoms with Crippen molar-refractivity contribution in [2.75, 3.05) is 7.11 Å². The molecule has 0 heterocycles. The van der Waals surface area contributed by atoms with E-state index in [1.165, 1.54) is 13.2 Å². The highest BCUT2D eigenvalue weighted by molar-refractivity contribution is 6.35. The van der Waals surface area contributed by atoms with Crippen molar-refractivity contribution in [3.05, 3.63) is 28.5 Å². The molecular weight excluding hydrogens is 235 g/mol. The Bertz CT molecular complexity index is 404. The van der Waals surface area contributed by atoms with Crippen LogP contribution in [0.3, 0.4) is 0 Å². The number of benzene rings is 1. The molecule has 0 saturated heterocycles. The summed E-state index contributed by atoms with van der Waals surface area (Å²) in [6, 6.07) is 2.46. The van der Waals surface area contributed by atoms with E-state index < -0.39 is 11.8 Å². The van der Waals surface area contributed by atoms with Crippen LogP contribution in [0.5, 0.6) is 5.75 Å². The fraction of sp³-hybridized carbons (Fsp3) is 0.364. The van der Waals surface area contributed by atoms with Crippen molar-refractivity contribution < 1.29 is 18.7 Å². The highest BCUT2D eigenvalue weighted by atomic mass is 35.5. The molecule has 0 saturated carbocycles. The molecule has 0 amide bonds. The van der Waals surface area contributed by atoms with Gasteiger partial charge in [-0.15, -0.1) is 0 Å². The van der Waals surface area contributed by atoms with Gasteiger partial charge in [-0.1, -0.05) is 11.6 Å². The van der Waals surface area contributed by atoms with Crippen molar-refractivity contribution in [2.45, 2.75) is 20.0 Å². The van der Waals surface area contributed by atoms with Crippen LogP contribution in [0.4, 0.5) is 4.39 Å². The van der Waals surface area contributed by atoms with Gasteiger partial charge in [-0.2, -0.15) is 0 Å². The summed E-state index contributed by atoms with van der Waals surface area (Å²) in [6.45, 7) is 3.34. The topological polar surface area (TPSA) is 35.5 Å². The largest absolute Gasteiger partial charge is 0.495 e. The summed E-state index contributed by atoms with van der Waals surface area (Å²) in [5, 5.41) is -0.0758. The van der Waals surface area contributed by atoms with Crippen LogP contribution in [-0.2, 0) is 4.74 Å². The minimum Gasteiger partial charge on any atom is -0.495 e. The Balaban J connectivity index is 3.16. The van der Waals surface area contributed by atoms with Crippen LogP contribution in [0.15, 0.2) is 12.1 Å². The van der Waals surface area contributed by atoms with Gasteiger partial charge in [0.15, 0.2) is 0 Å². The first kappa shape index (κ1) is 12.8. The molecule has 0 aliphatic rings. The van der Waals surface area contributed by atoms with Gasteiger partial charge < -0.3 is 9.47 Å². The van der Waals surface area contributed by atoms with Crippen LogP contribution in [0, 0.1) is 5.82 Å². The van der Waals surface area contributed by atoms with Crippen molar-refractivity contribution >= 4 is 17.6 Å². The van der Waals surface area contributed by atoms with Crippen molar-refractivity contribution in [1.82, 2.24) is 0 Å². The molecule has 1 rings (SSSR count). The minimum absolute atomic E-state index is 0.0758. The SMILES string of the molecule is COc1ccc(F)c(C(=O)OC(C)C)c1Cl. The van der Waals surface area contributed by atoms with Gasteiger partial charge >= 0.3 is 5.97 Å². The summed E-state index contributed by atoms with van der Waals surface area (Å²) in [5.41, 5.74) is -0.297. The Morgan fingerprint density at radius 1 is 1.44 bits per heavy atom. The summed E-state index contributed by atoms with van der Waals surface area (Å²) in [7, 11) is 1.39. The molecule has 1 aromatic rings. The molecule has 0 aromatic heterocycles. The van der Waals surface area contributed by atoms with Crippen molar-refractivity contribution in [3.8, 4) is 5.75 Å². The number of esters is 1. The maximum absolute atomic E-state index is 13.4. The molecule has 0 aliphatic carbocycles. The van der Waals surface area contributed by atoms with E-state index in [-0.39, 0.29) is 22.4 Å². The summed E-state index contributed by atoms with van der Waals surface area (Å²) in [4.78, 5) is 11.6. The van der Waals surface area contributed by atoms with Gasteiger partial charge in [-0.3, -0.25) is 0 Å². The van der Waals surface area contributed by atoms with Gasteiger partial charge in [-0.25, -0.2) is 9.18 Å². The number of ether oxygens (including phenoxy) is 2. The number of hydrogen-bond donors (Lipinski definition) is 0. The zero-order valence-corrected chi connectivity index (χ0v) is 9.97. The van der Waals surface area contributed by atoms with E-state index in [4.69, 9.17) is 21.1 Å². The standard InChI is InChI=1S/C11H12ClFO3/c1-6(2)16-11(14)9-7(13)4-5-8(15-3)10(9)12/h4-6H,1-3H3. The summed E-state index contributed by atoms with van der Waals surface area (Å²) < 4.78 is 23.2. The molecule has 0 fully saturated rings. The Labute approximate surface area is 98.1 Å². The summed E-state index contributed by atoms with van der Waals surface area (Å²) in [6.07, 6.45) is -0.339. The number of carbonyl (C=O) groups is 1. The lowest BCUT2D eigenvalue weighted by Crippen LogP contribution is -2.14. The number of rotatable bonds is 3. The lowest BCUT2D eigenvalue weighted by atomic mass is 10.2. The highest BCUT2D eigenvalue weighted by Gasteiger charge is 2.21. The molecule has 16 heavy (non-hydrogen) atoms. The number of methoxy groups -OCH3 is 1. The Morgan fingerprint density at radius 2 is 2.06 bits per heavy atom. The molecule has 88 valence electrons. The second kappa shape index (κ2) is 5.16. The van der Waals surface area contributed by atoms with E-state index in [0.717, 1.165) is 6.07 Å². The second-order valence-electron chi connectivity index (χ2n) is 3.39. The van der Waals surface area contributed by atoms with Crippen molar-refractivity contribution in [1.29, 1.82) is 0 Å². The van der Waals surface area contributed by atoms with E-state index in [9.17, 15) is 9.18 Å². The maximum Gasteiger partial charge on any atom is 0.343 e. The third kappa shape index (κ3) is 2.64. The van der Waals surface area contributed by atoms with Gasteiger partial charge in [0, 0.05) is 0 Å². The van der Waals surface area contributed by atoms with Crippen LogP contribution in [0.1, 0.15) is 24.2 Å². The zero-order valence-electron chi connectivity index (χ0n) is 9.21. The molecule has 0 spiro atoms. The molecule has 0 atom stereocenters. The molecular formula is C11H12ClFO3. The Hall–Kier alpha value is -1.29. The second-order valence-corrected chi connectivity index (χ2v) is 3.77. The fourth-order valence-electron chi connectivity index (χ4n) is 1.15. The van der Waals surface area contributed by atoms with Gasteiger partial charge in [0.2, 0.25) is 0 Å². The third-order valence-electron chi connectivity index (χ3n) is 1.82. The van der Waals surface area contributed by atoms with Crippen molar-refractivity contribution in [3.63, 3.8) is 0 Å². The average Bonchev–Trinajstić information content (AvgIpc) is 2.16. The molecule has 0 bridgehead atoms. The smallest absolute Gasteiger partial charge is 0.343 e. The Morgan fingerprint density at radius 3 is 2.56 bits per heavy atom. The van der Waals surface area contributed by atoms with E-state index in [0.29, 0.717) is 0 Å². The fourth-order valence-corrected chi connectivity index (χ4v) is 1.46. The third-order valence-corrected chi connectivity index (χ3v) is 2.20. The lowest BCUT2D eigenvalue weighted by molar-refractivity contribution is 0.0372. The van der Waals surface area contributed by atoms with Crippen LogP contribution in [0.25, 0.3) is 0 Å². The minimum atomic E-state index is -0.795. The summed E-state index contributed by atoms with van der Waals surface area (Å²) >= 11 is 5.83. The highest BCUT2D eigenvalue weighted by Crippen LogP contribution is 2.30. The molecule has 0 unspecified atom stereocenters. The monoisotopic (exact) mass is 246 g/mol. The molecule has 0 radical (unpaired) electrons. The van der Waals surface area contributed by atoms with Crippen LogP contribution in [-0.4, -0.2) is 19.2 Å². The summed E-state index contributed by atoms with van der Waals surface area (Å²) in [5.74, 6) is -1.29. The number of halogens is 2. The number of carbonyl (C=O) groups excluding carboxylic acids is 1. The molecule has 3 nitrogen and oxygen atoms in total. The predicted molar refractivity (Wildman–Crippen MR) is 58.5 cm³/mol. The Kier molecular flexibility index (Phi) is 4.12.